The number of aromatic nitrogens is 2. The van der Waals surface area contributed by atoms with E-state index in [2.05, 4.69) is 21.0 Å². The summed E-state index contributed by atoms with van der Waals surface area (Å²) in [5.74, 6) is 0. The van der Waals surface area contributed by atoms with Crippen molar-refractivity contribution < 1.29 is 17.6 Å². The molecule has 0 amide bonds. The van der Waals surface area contributed by atoms with Crippen LogP contribution in [0.3, 0.4) is 0 Å². The van der Waals surface area contributed by atoms with Crippen molar-refractivity contribution in [2.45, 2.75) is 11.3 Å². The van der Waals surface area contributed by atoms with Crippen LogP contribution >= 0.6 is 27.5 Å². The molecule has 0 radical (unpaired) electrons. The summed E-state index contributed by atoms with van der Waals surface area (Å²) < 4.78 is 50.4. The van der Waals surface area contributed by atoms with E-state index in [0.29, 0.717) is 0 Å². The fourth-order valence-corrected chi connectivity index (χ4v) is 1.71. The molecule has 14 heavy (non-hydrogen) atoms. The average Bonchev–Trinajstić information content (AvgIpc) is 2.27. The van der Waals surface area contributed by atoms with Gasteiger partial charge in [0.15, 0.2) is 0 Å². The van der Waals surface area contributed by atoms with Gasteiger partial charge in [-0.3, -0.25) is 4.68 Å². The average molecular weight is 295 g/mol. The Labute approximate surface area is 90.0 Å². The smallest absolute Gasteiger partial charge is 0.274 e. The van der Waals surface area contributed by atoms with Gasteiger partial charge in [-0.15, -0.1) is 0 Å². The van der Waals surface area contributed by atoms with Crippen LogP contribution in [0.25, 0.3) is 0 Å². The summed E-state index contributed by atoms with van der Waals surface area (Å²) in [5, 5.41) is -0.674. The molecule has 1 aromatic heterocycles. The lowest BCUT2D eigenvalue weighted by Gasteiger charge is -2.19. The summed E-state index contributed by atoms with van der Waals surface area (Å²) >= 11 is 7.50. The van der Waals surface area contributed by atoms with E-state index >= 15 is 0 Å². The van der Waals surface area contributed by atoms with Gasteiger partial charge < -0.3 is 0 Å². The van der Waals surface area contributed by atoms with Crippen LogP contribution in [-0.2, 0) is 12.2 Å². The van der Waals surface area contributed by atoms with Gasteiger partial charge in [0.05, 0.1) is 4.47 Å². The maximum Gasteiger partial charge on any atom is 0.443 e. The SMILES string of the molecule is Cn1cc(Br)c(C(F)(Cl)C(F)(F)F)n1. The molecule has 1 heterocycles. The zero-order valence-electron chi connectivity index (χ0n) is 6.74. The van der Waals surface area contributed by atoms with E-state index in [1.165, 1.54) is 13.2 Å². The van der Waals surface area contributed by atoms with Crippen LogP contribution in [0.1, 0.15) is 5.69 Å². The Morgan fingerprint density at radius 2 is 1.93 bits per heavy atom. The van der Waals surface area contributed by atoms with Gasteiger partial charge in [0.25, 0.3) is 0 Å². The first-order valence-electron chi connectivity index (χ1n) is 3.30. The van der Waals surface area contributed by atoms with Gasteiger partial charge in [-0.1, -0.05) is 11.6 Å². The minimum atomic E-state index is -5.20. The van der Waals surface area contributed by atoms with Crippen LogP contribution < -0.4 is 0 Å². The summed E-state index contributed by atoms with van der Waals surface area (Å²) in [4.78, 5) is 0. The number of rotatable bonds is 1. The summed E-state index contributed by atoms with van der Waals surface area (Å²) in [6, 6.07) is 0. The molecule has 1 aromatic rings. The minimum absolute atomic E-state index is 0.130. The molecule has 0 aliphatic heterocycles. The molecular weight excluding hydrogens is 291 g/mol. The molecule has 0 aliphatic rings. The third-order valence-corrected chi connectivity index (χ3v) is 2.41. The highest BCUT2D eigenvalue weighted by atomic mass is 79.9. The molecule has 1 rings (SSSR count). The van der Waals surface area contributed by atoms with Crippen molar-refractivity contribution >= 4 is 27.5 Å². The van der Waals surface area contributed by atoms with Crippen molar-refractivity contribution in [2.24, 2.45) is 7.05 Å². The summed E-state index contributed by atoms with van der Waals surface area (Å²) in [6.45, 7) is 0. The molecule has 80 valence electrons. The van der Waals surface area contributed by atoms with Crippen molar-refractivity contribution in [1.29, 1.82) is 0 Å². The zero-order chi connectivity index (χ0) is 11.1. The molecule has 0 aliphatic carbocycles. The first-order valence-corrected chi connectivity index (χ1v) is 4.47. The fourth-order valence-electron chi connectivity index (χ4n) is 0.807. The first-order chi connectivity index (χ1) is 6.16. The number of hydrogen-bond donors (Lipinski definition) is 0. The van der Waals surface area contributed by atoms with Gasteiger partial charge in [-0.25, -0.2) is 4.39 Å². The standard InChI is InChI=1S/C6H4BrClF4N2/c1-14-2-3(7)4(13-14)5(8,9)6(10,11)12/h2H,1H3. The predicted molar refractivity (Wildman–Crippen MR) is 45.6 cm³/mol. The van der Waals surface area contributed by atoms with Gasteiger partial charge >= 0.3 is 11.3 Å². The summed E-state index contributed by atoms with van der Waals surface area (Å²) in [7, 11) is 1.36. The lowest BCUT2D eigenvalue weighted by atomic mass is 10.2. The minimum Gasteiger partial charge on any atom is -0.274 e. The van der Waals surface area contributed by atoms with E-state index in [4.69, 9.17) is 11.6 Å². The van der Waals surface area contributed by atoms with Crippen molar-refractivity contribution in [2.75, 3.05) is 0 Å². The Morgan fingerprint density at radius 1 is 1.43 bits per heavy atom. The highest BCUT2D eigenvalue weighted by Gasteiger charge is 2.59. The van der Waals surface area contributed by atoms with Gasteiger partial charge in [0.1, 0.15) is 5.69 Å². The van der Waals surface area contributed by atoms with Crippen molar-refractivity contribution in [1.82, 2.24) is 9.78 Å². The van der Waals surface area contributed by atoms with Crippen molar-refractivity contribution in [3.63, 3.8) is 0 Å². The Morgan fingerprint density at radius 3 is 2.21 bits per heavy atom. The quantitative estimate of drug-likeness (QED) is 0.575. The van der Waals surface area contributed by atoms with Gasteiger partial charge in [0.2, 0.25) is 0 Å². The predicted octanol–water partition coefficient (Wildman–Crippen LogP) is 3.11. The lowest BCUT2D eigenvalue weighted by Crippen LogP contribution is -2.33. The Bertz CT molecular complexity index is 346. The Balaban J connectivity index is 3.22. The van der Waals surface area contributed by atoms with Crippen LogP contribution in [-0.4, -0.2) is 16.0 Å². The molecule has 0 N–H and O–H groups in total. The molecule has 0 spiro atoms. The molecule has 0 bridgehead atoms. The molecule has 1 unspecified atom stereocenters. The number of nitrogens with zero attached hydrogens (tertiary/aromatic N) is 2. The maximum absolute atomic E-state index is 13.1. The summed E-state index contributed by atoms with van der Waals surface area (Å²) in [6.07, 6.45) is -4.02. The third-order valence-electron chi connectivity index (χ3n) is 1.44. The Hall–Kier alpha value is -0.300. The van der Waals surface area contributed by atoms with Crippen molar-refractivity contribution in [3.8, 4) is 0 Å². The summed E-state index contributed by atoms with van der Waals surface area (Å²) in [5.41, 5.74) is -0.894. The van der Waals surface area contributed by atoms with Gasteiger partial charge in [0, 0.05) is 13.2 Å². The van der Waals surface area contributed by atoms with Crippen LogP contribution in [0.15, 0.2) is 10.7 Å². The second-order valence-corrected chi connectivity index (χ2v) is 3.95. The molecule has 8 heteroatoms. The fraction of sp³-hybridized carbons (Fsp3) is 0.500. The van der Waals surface area contributed by atoms with Crippen LogP contribution in [0.4, 0.5) is 17.6 Å². The topological polar surface area (TPSA) is 17.8 Å². The third kappa shape index (κ3) is 1.88. The molecular formula is C6H4BrClF4N2. The second-order valence-electron chi connectivity index (χ2n) is 2.57. The first kappa shape index (κ1) is 11.8. The van der Waals surface area contributed by atoms with E-state index in [1.807, 2.05) is 0 Å². The highest BCUT2D eigenvalue weighted by molar-refractivity contribution is 9.10. The van der Waals surface area contributed by atoms with E-state index in [-0.39, 0.29) is 4.47 Å². The van der Waals surface area contributed by atoms with Crippen molar-refractivity contribution in [3.05, 3.63) is 16.4 Å². The number of alkyl halides is 5. The number of hydrogen-bond acceptors (Lipinski definition) is 1. The van der Waals surface area contributed by atoms with Gasteiger partial charge in [-0.05, 0) is 15.9 Å². The van der Waals surface area contributed by atoms with E-state index in [1.54, 1.807) is 0 Å². The number of aryl methyl sites for hydroxylation is 1. The van der Waals surface area contributed by atoms with Crippen LogP contribution in [0.2, 0.25) is 0 Å². The van der Waals surface area contributed by atoms with Crippen LogP contribution in [0.5, 0.6) is 0 Å². The van der Waals surface area contributed by atoms with E-state index < -0.39 is 17.0 Å². The van der Waals surface area contributed by atoms with Crippen LogP contribution in [0, 0.1) is 0 Å². The molecule has 0 aromatic carbocycles. The second kappa shape index (κ2) is 3.37. The largest absolute Gasteiger partial charge is 0.443 e. The molecule has 1 atom stereocenters. The van der Waals surface area contributed by atoms with E-state index in [9.17, 15) is 17.6 Å². The molecule has 0 fully saturated rings. The maximum atomic E-state index is 13.1. The molecule has 0 saturated heterocycles. The monoisotopic (exact) mass is 294 g/mol. The molecule has 2 nitrogen and oxygen atoms in total. The van der Waals surface area contributed by atoms with Gasteiger partial charge in [-0.2, -0.15) is 18.3 Å². The lowest BCUT2D eigenvalue weighted by molar-refractivity contribution is -0.203. The molecule has 0 saturated carbocycles. The normalized spacial score (nSPS) is 16.8. The highest BCUT2D eigenvalue weighted by Crippen LogP contribution is 2.47. The zero-order valence-corrected chi connectivity index (χ0v) is 9.08. The Kier molecular flexibility index (Phi) is 2.84. The van der Waals surface area contributed by atoms with E-state index in [0.717, 1.165) is 4.68 Å². The number of halogens is 6.